The first-order chi connectivity index (χ1) is 6.09. The summed E-state index contributed by atoms with van der Waals surface area (Å²) in [5, 5.41) is 3.36. The largest absolute Gasteiger partial charge is 0.504 e. The fourth-order valence-electron chi connectivity index (χ4n) is 1.71. The Morgan fingerprint density at radius 2 is 1.92 bits per heavy atom. The van der Waals surface area contributed by atoms with Gasteiger partial charge >= 0.3 is 6.30 Å². The van der Waals surface area contributed by atoms with E-state index >= 15 is 0 Å². The third-order valence-corrected chi connectivity index (χ3v) is 2.31. The molecular weight excluding hydrogens is 181 g/mol. The van der Waals surface area contributed by atoms with Gasteiger partial charge in [-0.05, 0) is 31.2 Å². The first kappa shape index (κ1) is 8.59. The molecule has 1 aliphatic rings. The van der Waals surface area contributed by atoms with Crippen LogP contribution in [0.15, 0.2) is 6.20 Å². The lowest BCUT2D eigenvalue weighted by molar-refractivity contribution is -0.213. The Kier molecular flexibility index (Phi) is 1.82. The number of hydrogen-bond donors (Lipinski definition) is 0. The van der Waals surface area contributed by atoms with Gasteiger partial charge in [-0.15, -0.1) is 13.2 Å². The van der Waals surface area contributed by atoms with Crippen LogP contribution in [0.2, 0.25) is 0 Å². The Bertz CT molecular complexity index is 314. The fourth-order valence-corrected chi connectivity index (χ4v) is 1.71. The molecule has 2 nitrogen and oxygen atoms in total. The van der Waals surface area contributed by atoms with Gasteiger partial charge in [0, 0.05) is 0 Å². The maximum Gasteiger partial charge on any atom is 0.504 e. The van der Waals surface area contributed by atoms with Crippen LogP contribution in [0.3, 0.4) is 0 Å². The second kappa shape index (κ2) is 2.75. The molecule has 0 spiro atoms. The average molecular weight is 190 g/mol. The minimum absolute atomic E-state index is 0.196. The predicted octanol–water partition coefficient (Wildman–Crippen LogP) is 2.24. The highest BCUT2D eigenvalue weighted by atomic mass is 19.4. The van der Waals surface area contributed by atoms with E-state index in [9.17, 15) is 13.2 Å². The highest BCUT2D eigenvalue weighted by Crippen LogP contribution is 2.28. The molecule has 1 heterocycles. The Labute approximate surface area is 73.4 Å². The molecule has 13 heavy (non-hydrogen) atoms. The highest BCUT2D eigenvalue weighted by Gasteiger charge is 2.35. The maximum absolute atomic E-state index is 12.3. The summed E-state index contributed by atoms with van der Waals surface area (Å²) in [6.07, 6.45) is -0.00150. The van der Waals surface area contributed by atoms with Crippen LogP contribution in [-0.2, 0) is 19.1 Å². The van der Waals surface area contributed by atoms with E-state index in [4.69, 9.17) is 0 Å². The van der Waals surface area contributed by atoms with Gasteiger partial charge in [0.25, 0.3) is 0 Å². The van der Waals surface area contributed by atoms with Gasteiger partial charge in [-0.3, -0.25) is 0 Å². The second-order valence-corrected chi connectivity index (χ2v) is 3.20. The van der Waals surface area contributed by atoms with E-state index < -0.39 is 6.30 Å². The van der Waals surface area contributed by atoms with Gasteiger partial charge in [-0.1, -0.05) is 0 Å². The molecule has 2 rings (SSSR count). The minimum atomic E-state index is -4.36. The minimum Gasteiger partial charge on any atom is -0.176 e. The molecule has 1 aliphatic carbocycles. The molecule has 0 aliphatic heterocycles. The molecule has 0 bridgehead atoms. The summed E-state index contributed by atoms with van der Waals surface area (Å²) in [7, 11) is 0. The molecule has 0 N–H and O–H groups in total. The smallest absolute Gasteiger partial charge is 0.176 e. The molecule has 1 aromatic rings. The summed E-state index contributed by atoms with van der Waals surface area (Å²) >= 11 is 0. The Balaban J connectivity index is 2.43. The van der Waals surface area contributed by atoms with Crippen LogP contribution in [0, 0.1) is 0 Å². The molecule has 0 amide bonds. The van der Waals surface area contributed by atoms with Crippen LogP contribution in [0.5, 0.6) is 0 Å². The van der Waals surface area contributed by atoms with E-state index in [-0.39, 0.29) is 4.68 Å². The van der Waals surface area contributed by atoms with Gasteiger partial charge in [0.05, 0.1) is 11.9 Å². The zero-order valence-electron chi connectivity index (χ0n) is 6.93. The molecule has 0 unspecified atom stereocenters. The molecule has 5 heteroatoms. The molecule has 0 atom stereocenters. The van der Waals surface area contributed by atoms with Crippen LogP contribution < -0.4 is 0 Å². The molecule has 72 valence electrons. The third-order valence-electron chi connectivity index (χ3n) is 2.31. The zero-order valence-corrected chi connectivity index (χ0v) is 6.93. The molecule has 0 aromatic carbocycles. The summed E-state index contributed by atoms with van der Waals surface area (Å²) < 4.78 is 37.1. The van der Waals surface area contributed by atoms with Gasteiger partial charge in [-0.25, -0.2) is 0 Å². The van der Waals surface area contributed by atoms with Gasteiger partial charge in [0.1, 0.15) is 0 Å². The quantitative estimate of drug-likeness (QED) is 0.613. The zero-order chi connectivity index (χ0) is 9.47. The molecule has 0 radical (unpaired) electrons. The lowest BCUT2D eigenvalue weighted by atomic mass is 9.98. The summed E-state index contributed by atoms with van der Waals surface area (Å²) in [6, 6.07) is 0. The van der Waals surface area contributed by atoms with Crippen LogP contribution in [0.1, 0.15) is 24.1 Å². The van der Waals surface area contributed by atoms with Crippen molar-refractivity contribution in [2.45, 2.75) is 32.0 Å². The number of hydrogen-bond acceptors (Lipinski definition) is 1. The monoisotopic (exact) mass is 190 g/mol. The average Bonchev–Trinajstić information content (AvgIpc) is 2.45. The number of aryl methyl sites for hydroxylation is 1. The topological polar surface area (TPSA) is 17.8 Å². The summed E-state index contributed by atoms with van der Waals surface area (Å²) in [6.45, 7) is 0. The second-order valence-electron chi connectivity index (χ2n) is 3.20. The van der Waals surface area contributed by atoms with Crippen molar-refractivity contribution in [3.63, 3.8) is 0 Å². The predicted molar refractivity (Wildman–Crippen MR) is 40.2 cm³/mol. The van der Waals surface area contributed by atoms with E-state index in [2.05, 4.69) is 5.10 Å². The number of aromatic nitrogens is 2. The Morgan fingerprint density at radius 1 is 1.23 bits per heavy atom. The van der Waals surface area contributed by atoms with Crippen molar-refractivity contribution in [3.05, 3.63) is 17.5 Å². The summed E-state index contributed by atoms with van der Waals surface area (Å²) in [5.74, 6) is 0. The summed E-state index contributed by atoms with van der Waals surface area (Å²) in [4.78, 5) is 0. The van der Waals surface area contributed by atoms with Crippen LogP contribution in [0.25, 0.3) is 0 Å². The van der Waals surface area contributed by atoms with Crippen LogP contribution in [-0.4, -0.2) is 9.78 Å². The highest BCUT2D eigenvalue weighted by molar-refractivity contribution is 5.20. The van der Waals surface area contributed by atoms with Crippen molar-refractivity contribution in [2.24, 2.45) is 0 Å². The Hall–Kier alpha value is -1.00. The van der Waals surface area contributed by atoms with E-state index in [1.807, 2.05) is 0 Å². The van der Waals surface area contributed by atoms with Crippen molar-refractivity contribution < 1.29 is 13.2 Å². The van der Waals surface area contributed by atoms with Crippen molar-refractivity contribution in [2.75, 3.05) is 0 Å². The molecule has 0 saturated carbocycles. The van der Waals surface area contributed by atoms with Crippen LogP contribution >= 0.6 is 0 Å². The first-order valence-corrected chi connectivity index (χ1v) is 4.22. The van der Waals surface area contributed by atoms with Gasteiger partial charge in [0.2, 0.25) is 0 Å². The van der Waals surface area contributed by atoms with E-state index in [1.54, 1.807) is 0 Å². The molecule has 0 fully saturated rings. The maximum atomic E-state index is 12.3. The normalized spacial score (nSPS) is 17.2. The Morgan fingerprint density at radius 3 is 2.62 bits per heavy atom. The number of alkyl halides is 3. The van der Waals surface area contributed by atoms with Gasteiger partial charge in [0.15, 0.2) is 0 Å². The van der Waals surface area contributed by atoms with Gasteiger partial charge < -0.3 is 0 Å². The van der Waals surface area contributed by atoms with Crippen LogP contribution in [0.4, 0.5) is 13.2 Å². The fraction of sp³-hybridized carbons (Fsp3) is 0.625. The number of fused-ring (bicyclic) bond motifs is 1. The third kappa shape index (κ3) is 1.43. The van der Waals surface area contributed by atoms with Crippen molar-refractivity contribution in [1.82, 2.24) is 9.78 Å². The number of rotatable bonds is 0. The number of nitrogens with zero attached hydrogens (tertiary/aromatic N) is 2. The lowest BCUT2D eigenvalue weighted by Gasteiger charge is -2.15. The first-order valence-electron chi connectivity index (χ1n) is 4.22. The lowest BCUT2D eigenvalue weighted by Crippen LogP contribution is -2.22. The van der Waals surface area contributed by atoms with E-state index in [1.165, 1.54) is 6.20 Å². The number of halogens is 3. The van der Waals surface area contributed by atoms with Crippen molar-refractivity contribution in [3.8, 4) is 0 Å². The van der Waals surface area contributed by atoms with E-state index in [0.29, 0.717) is 12.1 Å². The molecular formula is C8H9F3N2. The molecule has 1 aromatic heterocycles. The van der Waals surface area contributed by atoms with Crippen molar-refractivity contribution in [1.29, 1.82) is 0 Å². The van der Waals surface area contributed by atoms with Crippen molar-refractivity contribution >= 4 is 0 Å². The SMILES string of the molecule is FC(F)(F)n1ncc2c1CCCC2. The van der Waals surface area contributed by atoms with Gasteiger partial charge in [-0.2, -0.15) is 9.78 Å². The molecule has 0 saturated heterocycles. The van der Waals surface area contributed by atoms with E-state index in [0.717, 1.165) is 24.8 Å². The summed E-state index contributed by atoms with van der Waals surface area (Å²) in [5.41, 5.74) is 1.10. The standard InChI is InChI=1S/C8H9F3N2/c9-8(10,11)13-7-4-2-1-3-6(7)5-12-13/h5H,1-4H2.